The van der Waals surface area contributed by atoms with Crippen LogP contribution in [0.5, 0.6) is 0 Å². The van der Waals surface area contributed by atoms with Crippen molar-refractivity contribution >= 4 is 0 Å². The first kappa shape index (κ1) is 7.74. The SMILES string of the molecule is OCC1(c2ccncc2)CCC1. The zero-order valence-corrected chi connectivity index (χ0v) is 7.03. The molecule has 0 bridgehead atoms. The van der Waals surface area contributed by atoms with Crippen molar-refractivity contribution in [2.75, 3.05) is 6.61 Å². The fourth-order valence-corrected chi connectivity index (χ4v) is 1.85. The molecule has 0 atom stereocenters. The van der Waals surface area contributed by atoms with E-state index in [0.29, 0.717) is 0 Å². The standard InChI is InChI=1S/C10H13NO/c12-8-10(4-1-5-10)9-2-6-11-7-3-9/h2-3,6-7,12H,1,4-5,8H2. The number of hydrogen-bond acceptors (Lipinski definition) is 2. The molecule has 2 rings (SSSR count). The summed E-state index contributed by atoms with van der Waals surface area (Å²) in [7, 11) is 0. The lowest BCUT2D eigenvalue weighted by Crippen LogP contribution is -2.37. The van der Waals surface area contributed by atoms with Gasteiger partial charge in [0, 0.05) is 17.8 Å². The number of nitrogens with zero attached hydrogens (tertiary/aromatic N) is 1. The topological polar surface area (TPSA) is 33.1 Å². The Morgan fingerprint density at radius 2 is 2.00 bits per heavy atom. The molecule has 0 spiro atoms. The molecule has 1 aliphatic rings. The van der Waals surface area contributed by atoms with Gasteiger partial charge in [0.05, 0.1) is 6.61 Å². The maximum absolute atomic E-state index is 9.27. The summed E-state index contributed by atoms with van der Waals surface area (Å²) >= 11 is 0. The van der Waals surface area contributed by atoms with Crippen molar-refractivity contribution < 1.29 is 5.11 Å². The van der Waals surface area contributed by atoms with Crippen LogP contribution in [0.2, 0.25) is 0 Å². The Bertz CT molecular complexity index is 248. The Labute approximate surface area is 72.3 Å². The molecule has 0 radical (unpaired) electrons. The minimum atomic E-state index is 0.0724. The minimum Gasteiger partial charge on any atom is -0.395 e. The van der Waals surface area contributed by atoms with Crippen molar-refractivity contribution in [3.8, 4) is 0 Å². The van der Waals surface area contributed by atoms with Gasteiger partial charge < -0.3 is 5.11 Å². The van der Waals surface area contributed by atoms with Crippen LogP contribution in [0.1, 0.15) is 24.8 Å². The van der Waals surface area contributed by atoms with E-state index >= 15 is 0 Å². The third kappa shape index (κ3) is 1.03. The molecule has 1 aliphatic carbocycles. The Balaban J connectivity index is 2.28. The Morgan fingerprint density at radius 3 is 2.42 bits per heavy atom. The Morgan fingerprint density at radius 1 is 1.33 bits per heavy atom. The molecule has 64 valence electrons. The monoisotopic (exact) mass is 163 g/mol. The van der Waals surface area contributed by atoms with Gasteiger partial charge >= 0.3 is 0 Å². The summed E-state index contributed by atoms with van der Waals surface area (Å²) in [5, 5.41) is 9.27. The molecule has 1 heterocycles. The van der Waals surface area contributed by atoms with E-state index in [1.807, 2.05) is 12.1 Å². The third-order valence-corrected chi connectivity index (χ3v) is 2.91. The molecular weight excluding hydrogens is 150 g/mol. The summed E-state index contributed by atoms with van der Waals surface area (Å²) in [6.07, 6.45) is 7.07. The quantitative estimate of drug-likeness (QED) is 0.716. The predicted molar refractivity (Wildman–Crippen MR) is 46.9 cm³/mol. The number of rotatable bonds is 2. The average molecular weight is 163 g/mol. The molecule has 1 aromatic heterocycles. The normalized spacial score (nSPS) is 20.1. The number of aromatic nitrogens is 1. The Kier molecular flexibility index (Phi) is 1.85. The zero-order valence-electron chi connectivity index (χ0n) is 7.03. The van der Waals surface area contributed by atoms with Gasteiger partial charge in [-0.3, -0.25) is 4.98 Å². The van der Waals surface area contributed by atoms with Gasteiger partial charge in [0.2, 0.25) is 0 Å². The third-order valence-electron chi connectivity index (χ3n) is 2.91. The molecule has 1 fully saturated rings. The lowest BCUT2D eigenvalue weighted by atomic mass is 9.65. The number of hydrogen-bond donors (Lipinski definition) is 1. The van der Waals surface area contributed by atoms with Crippen molar-refractivity contribution in [3.63, 3.8) is 0 Å². The smallest absolute Gasteiger partial charge is 0.0527 e. The van der Waals surface area contributed by atoms with Crippen molar-refractivity contribution in [3.05, 3.63) is 30.1 Å². The van der Waals surface area contributed by atoms with E-state index in [1.54, 1.807) is 12.4 Å². The summed E-state index contributed by atoms with van der Waals surface area (Å²) in [5.41, 5.74) is 1.31. The molecule has 0 saturated heterocycles. The van der Waals surface area contributed by atoms with E-state index in [1.165, 1.54) is 12.0 Å². The van der Waals surface area contributed by atoms with E-state index in [0.717, 1.165) is 12.8 Å². The number of pyridine rings is 1. The summed E-state index contributed by atoms with van der Waals surface area (Å²) in [5.74, 6) is 0. The molecule has 0 unspecified atom stereocenters. The highest BCUT2D eigenvalue weighted by Crippen LogP contribution is 2.42. The van der Waals surface area contributed by atoms with Gasteiger partial charge in [0.1, 0.15) is 0 Å². The molecule has 1 N–H and O–H groups in total. The van der Waals surface area contributed by atoms with Gasteiger partial charge in [-0.05, 0) is 30.5 Å². The second-order valence-electron chi connectivity index (χ2n) is 3.53. The van der Waals surface area contributed by atoms with Crippen molar-refractivity contribution in [2.45, 2.75) is 24.7 Å². The molecule has 2 nitrogen and oxygen atoms in total. The fourth-order valence-electron chi connectivity index (χ4n) is 1.85. The molecule has 2 heteroatoms. The number of aliphatic hydroxyl groups excluding tert-OH is 1. The highest BCUT2D eigenvalue weighted by Gasteiger charge is 2.37. The average Bonchev–Trinajstić information content (AvgIpc) is 2.05. The maximum Gasteiger partial charge on any atom is 0.0527 e. The zero-order chi connectivity index (χ0) is 8.44. The van der Waals surface area contributed by atoms with Crippen LogP contribution in [0.3, 0.4) is 0 Å². The highest BCUT2D eigenvalue weighted by molar-refractivity contribution is 5.25. The first-order valence-corrected chi connectivity index (χ1v) is 4.39. The van der Waals surface area contributed by atoms with E-state index in [-0.39, 0.29) is 12.0 Å². The van der Waals surface area contributed by atoms with E-state index in [2.05, 4.69) is 4.98 Å². The predicted octanol–water partition coefficient (Wildman–Crippen LogP) is 1.50. The van der Waals surface area contributed by atoms with Crippen LogP contribution in [-0.4, -0.2) is 16.7 Å². The second-order valence-corrected chi connectivity index (χ2v) is 3.53. The first-order chi connectivity index (χ1) is 5.87. The summed E-state index contributed by atoms with van der Waals surface area (Å²) < 4.78 is 0. The molecule has 12 heavy (non-hydrogen) atoms. The largest absolute Gasteiger partial charge is 0.395 e. The second kappa shape index (κ2) is 2.87. The summed E-state index contributed by atoms with van der Waals surface area (Å²) in [4.78, 5) is 3.97. The first-order valence-electron chi connectivity index (χ1n) is 4.39. The van der Waals surface area contributed by atoms with Gasteiger partial charge in [-0.1, -0.05) is 6.42 Å². The maximum atomic E-state index is 9.27. The lowest BCUT2D eigenvalue weighted by molar-refractivity contribution is 0.120. The van der Waals surface area contributed by atoms with E-state index < -0.39 is 0 Å². The molecule has 0 aliphatic heterocycles. The molecule has 1 saturated carbocycles. The molecule has 0 amide bonds. The van der Waals surface area contributed by atoms with Crippen LogP contribution in [0.4, 0.5) is 0 Å². The van der Waals surface area contributed by atoms with Gasteiger partial charge in [0.15, 0.2) is 0 Å². The van der Waals surface area contributed by atoms with Crippen molar-refractivity contribution in [1.29, 1.82) is 0 Å². The van der Waals surface area contributed by atoms with Crippen LogP contribution in [-0.2, 0) is 5.41 Å². The van der Waals surface area contributed by atoms with Crippen molar-refractivity contribution in [1.82, 2.24) is 4.98 Å². The van der Waals surface area contributed by atoms with E-state index in [4.69, 9.17) is 0 Å². The lowest BCUT2D eigenvalue weighted by Gasteiger charge is -2.40. The summed E-state index contributed by atoms with van der Waals surface area (Å²) in [6.45, 7) is 0.275. The molecule has 0 aromatic carbocycles. The fraction of sp³-hybridized carbons (Fsp3) is 0.500. The van der Waals surface area contributed by atoms with Crippen LogP contribution in [0.25, 0.3) is 0 Å². The van der Waals surface area contributed by atoms with Gasteiger partial charge in [0.25, 0.3) is 0 Å². The van der Waals surface area contributed by atoms with Gasteiger partial charge in [-0.15, -0.1) is 0 Å². The van der Waals surface area contributed by atoms with E-state index in [9.17, 15) is 5.11 Å². The number of aliphatic hydroxyl groups is 1. The van der Waals surface area contributed by atoms with Crippen LogP contribution >= 0.6 is 0 Å². The highest BCUT2D eigenvalue weighted by atomic mass is 16.3. The van der Waals surface area contributed by atoms with Crippen molar-refractivity contribution in [2.24, 2.45) is 0 Å². The minimum absolute atomic E-state index is 0.0724. The van der Waals surface area contributed by atoms with Crippen LogP contribution in [0.15, 0.2) is 24.5 Å². The van der Waals surface area contributed by atoms with Crippen LogP contribution < -0.4 is 0 Å². The Hall–Kier alpha value is -0.890. The van der Waals surface area contributed by atoms with Gasteiger partial charge in [-0.2, -0.15) is 0 Å². The molecule has 1 aromatic rings. The molecular formula is C10H13NO. The van der Waals surface area contributed by atoms with Crippen LogP contribution in [0, 0.1) is 0 Å². The van der Waals surface area contributed by atoms with Gasteiger partial charge in [-0.25, -0.2) is 0 Å². The summed E-state index contributed by atoms with van der Waals surface area (Å²) in [6, 6.07) is 4.02.